The van der Waals surface area contributed by atoms with Crippen LogP contribution in [0.4, 0.5) is 5.69 Å². The lowest BCUT2D eigenvalue weighted by atomic mass is 10.0. The lowest BCUT2D eigenvalue weighted by Gasteiger charge is -2.22. The number of nitrogens with zero attached hydrogens (tertiary/aromatic N) is 1. The summed E-state index contributed by atoms with van der Waals surface area (Å²) in [5.74, 6) is 0.332. The molecule has 1 fully saturated rings. The number of amides is 1. The van der Waals surface area contributed by atoms with E-state index < -0.39 is 10.0 Å². The average Bonchev–Trinajstić information content (AvgIpc) is 3.49. The van der Waals surface area contributed by atoms with Crippen molar-refractivity contribution in [2.45, 2.75) is 63.9 Å². The highest BCUT2D eigenvalue weighted by Crippen LogP contribution is 2.29. The fourth-order valence-corrected chi connectivity index (χ4v) is 4.11. The Balaban J connectivity index is 1.71. The fourth-order valence-electron chi connectivity index (χ4n) is 3.49. The van der Waals surface area contributed by atoms with Gasteiger partial charge in [-0.3, -0.25) is 9.69 Å². The number of rotatable bonds is 8. The Morgan fingerprint density at radius 2 is 1.80 bits per heavy atom. The lowest BCUT2D eigenvalue weighted by Crippen LogP contribution is -2.34. The van der Waals surface area contributed by atoms with Gasteiger partial charge in [0.15, 0.2) is 0 Å². The Bertz CT molecular complexity index is 1030. The number of hydrogen-bond acceptors (Lipinski definition) is 4. The Morgan fingerprint density at radius 3 is 2.33 bits per heavy atom. The minimum atomic E-state index is -3.84. The molecule has 1 amide bonds. The van der Waals surface area contributed by atoms with E-state index in [1.165, 1.54) is 23.3 Å². The predicted octanol–water partition coefficient (Wildman–Crippen LogP) is 3.68. The van der Waals surface area contributed by atoms with Crippen molar-refractivity contribution in [3.63, 3.8) is 0 Å². The molecule has 2 aromatic rings. The molecule has 0 bridgehead atoms. The highest BCUT2D eigenvalue weighted by Gasteiger charge is 2.30. The SMILES string of the molecule is Cc1cc(S(N)(=O)=O)cc(NC(=O)CN(Cc2ccc(C(C)C)cc2)C2CC2)c1C. The summed E-state index contributed by atoms with van der Waals surface area (Å²) >= 11 is 0. The number of anilines is 1. The minimum absolute atomic E-state index is 0.00481. The molecular formula is C23H31N3O3S. The van der Waals surface area contributed by atoms with Crippen molar-refractivity contribution in [3.8, 4) is 0 Å². The van der Waals surface area contributed by atoms with E-state index in [9.17, 15) is 13.2 Å². The van der Waals surface area contributed by atoms with Gasteiger partial charge in [0.1, 0.15) is 0 Å². The normalized spacial score (nSPS) is 14.4. The summed E-state index contributed by atoms with van der Waals surface area (Å²) in [6.07, 6.45) is 2.19. The third-order valence-corrected chi connectivity index (χ3v) is 6.58. The molecule has 2 aromatic carbocycles. The van der Waals surface area contributed by atoms with Crippen LogP contribution in [0.3, 0.4) is 0 Å². The molecule has 6 nitrogen and oxygen atoms in total. The number of carbonyl (C=O) groups is 1. The first-order valence-electron chi connectivity index (χ1n) is 10.3. The van der Waals surface area contributed by atoms with Gasteiger partial charge in [0.25, 0.3) is 0 Å². The number of carbonyl (C=O) groups excluding carboxylic acids is 1. The van der Waals surface area contributed by atoms with E-state index in [0.717, 1.165) is 24.0 Å². The molecule has 7 heteroatoms. The Labute approximate surface area is 179 Å². The zero-order chi connectivity index (χ0) is 22.1. The highest BCUT2D eigenvalue weighted by atomic mass is 32.2. The van der Waals surface area contributed by atoms with E-state index in [0.29, 0.717) is 24.2 Å². The molecule has 0 heterocycles. The van der Waals surface area contributed by atoms with Gasteiger partial charge in [0, 0.05) is 18.3 Å². The molecular weight excluding hydrogens is 398 g/mol. The molecule has 162 valence electrons. The minimum Gasteiger partial charge on any atom is -0.325 e. The molecule has 1 saturated carbocycles. The molecule has 3 rings (SSSR count). The predicted molar refractivity (Wildman–Crippen MR) is 120 cm³/mol. The Kier molecular flexibility index (Phi) is 6.65. The van der Waals surface area contributed by atoms with Crippen LogP contribution >= 0.6 is 0 Å². The van der Waals surface area contributed by atoms with E-state index >= 15 is 0 Å². The quantitative estimate of drug-likeness (QED) is 0.669. The third-order valence-electron chi connectivity index (χ3n) is 5.69. The van der Waals surface area contributed by atoms with Crippen LogP contribution < -0.4 is 10.5 Å². The zero-order valence-electron chi connectivity index (χ0n) is 18.1. The monoisotopic (exact) mass is 429 g/mol. The van der Waals surface area contributed by atoms with Crippen LogP contribution in [0.5, 0.6) is 0 Å². The van der Waals surface area contributed by atoms with Crippen molar-refractivity contribution in [3.05, 3.63) is 58.7 Å². The molecule has 0 spiro atoms. The van der Waals surface area contributed by atoms with Gasteiger partial charge in [-0.15, -0.1) is 0 Å². The van der Waals surface area contributed by atoms with Crippen LogP contribution in [0.1, 0.15) is 54.9 Å². The molecule has 0 radical (unpaired) electrons. The number of benzene rings is 2. The zero-order valence-corrected chi connectivity index (χ0v) is 18.9. The van der Waals surface area contributed by atoms with Crippen LogP contribution in [-0.4, -0.2) is 31.8 Å². The first-order chi connectivity index (χ1) is 14.0. The van der Waals surface area contributed by atoms with Crippen LogP contribution in [0.25, 0.3) is 0 Å². The summed E-state index contributed by atoms with van der Waals surface area (Å²) in [6, 6.07) is 11.9. The number of nitrogens with two attached hydrogens (primary N) is 1. The van der Waals surface area contributed by atoms with Crippen molar-refractivity contribution in [2.75, 3.05) is 11.9 Å². The first-order valence-corrected chi connectivity index (χ1v) is 11.9. The topological polar surface area (TPSA) is 92.5 Å². The van der Waals surface area contributed by atoms with E-state index in [-0.39, 0.29) is 17.3 Å². The second-order valence-electron chi connectivity index (χ2n) is 8.54. The first kappa shape index (κ1) is 22.5. The van der Waals surface area contributed by atoms with Gasteiger partial charge in [-0.1, -0.05) is 38.1 Å². The Morgan fingerprint density at radius 1 is 1.17 bits per heavy atom. The molecule has 1 aliphatic rings. The summed E-state index contributed by atoms with van der Waals surface area (Å²) in [5.41, 5.74) is 4.57. The summed E-state index contributed by atoms with van der Waals surface area (Å²) in [6.45, 7) is 8.97. The van der Waals surface area contributed by atoms with Crippen molar-refractivity contribution < 1.29 is 13.2 Å². The molecule has 0 atom stereocenters. The Hall–Kier alpha value is -2.22. The number of nitrogens with one attached hydrogen (secondary N) is 1. The molecule has 30 heavy (non-hydrogen) atoms. The third kappa shape index (κ3) is 5.68. The smallest absolute Gasteiger partial charge is 0.238 e. The molecule has 0 saturated heterocycles. The van der Waals surface area contributed by atoms with Gasteiger partial charge in [0.05, 0.1) is 11.4 Å². The summed E-state index contributed by atoms with van der Waals surface area (Å²) in [4.78, 5) is 15.0. The van der Waals surface area contributed by atoms with Gasteiger partial charge in [-0.25, -0.2) is 13.6 Å². The average molecular weight is 430 g/mol. The summed E-state index contributed by atoms with van der Waals surface area (Å²) < 4.78 is 23.5. The van der Waals surface area contributed by atoms with Gasteiger partial charge in [-0.2, -0.15) is 0 Å². The molecule has 1 aliphatic carbocycles. The second kappa shape index (κ2) is 8.88. The molecule has 0 aliphatic heterocycles. The maximum Gasteiger partial charge on any atom is 0.238 e. The van der Waals surface area contributed by atoms with Crippen molar-refractivity contribution in [1.82, 2.24) is 4.90 Å². The summed E-state index contributed by atoms with van der Waals surface area (Å²) in [5, 5.41) is 8.16. The van der Waals surface area contributed by atoms with Crippen LogP contribution in [0.2, 0.25) is 0 Å². The van der Waals surface area contributed by atoms with Crippen molar-refractivity contribution in [2.24, 2.45) is 5.14 Å². The largest absolute Gasteiger partial charge is 0.325 e. The second-order valence-corrected chi connectivity index (χ2v) is 10.1. The lowest BCUT2D eigenvalue weighted by molar-refractivity contribution is -0.117. The molecule has 3 N–H and O–H groups in total. The fraction of sp³-hybridized carbons (Fsp3) is 0.435. The highest BCUT2D eigenvalue weighted by molar-refractivity contribution is 7.89. The standard InChI is InChI=1S/C23H31N3O3S/c1-15(2)19-7-5-18(6-8-19)13-26(20-9-10-20)14-23(27)25-22-12-21(30(24,28)29)11-16(3)17(22)4/h5-8,11-12,15,20H,9-10,13-14H2,1-4H3,(H,25,27)(H2,24,28,29). The van der Waals surface area contributed by atoms with Gasteiger partial charge in [0.2, 0.25) is 15.9 Å². The molecule has 0 unspecified atom stereocenters. The van der Waals surface area contributed by atoms with Gasteiger partial charge < -0.3 is 5.32 Å². The van der Waals surface area contributed by atoms with E-state index in [1.54, 1.807) is 6.92 Å². The van der Waals surface area contributed by atoms with E-state index in [2.05, 4.69) is 48.3 Å². The summed E-state index contributed by atoms with van der Waals surface area (Å²) in [7, 11) is -3.84. The van der Waals surface area contributed by atoms with Crippen LogP contribution in [0.15, 0.2) is 41.3 Å². The van der Waals surface area contributed by atoms with E-state index in [1.807, 2.05) is 6.92 Å². The van der Waals surface area contributed by atoms with Gasteiger partial charge in [-0.05, 0) is 67.0 Å². The van der Waals surface area contributed by atoms with Crippen molar-refractivity contribution in [1.29, 1.82) is 0 Å². The maximum absolute atomic E-state index is 12.8. The number of hydrogen-bond donors (Lipinski definition) is 2. The maximum atomic E-state index is 12.8. The number of aryl methyl sites for hydroxylation is 1. The van der Waals surface area contributed by atoms with Crippen molar-refractivity contribution >= 4 is 21.6 Å². The van der Waals surface area contributed by atoms with E-state index in [4.69, 9.17) is 5.14 Å². The van der Waals surface area contributed by atoms with Crippen LogP contribution in [-0.2, 0) is 21.4 Å². The van der Waals surface area contributed by atoms with Crippen LogP contribution in [0, 0.1) is 13.8 Å². The van der Waals surface area contributed by atoms with Gasteiger partial charge >= 0.3 is 0 Å². The number of sulfonamides is 1. The number of primary sulfonamides is 1. The molecule has 0 aromatic heterocycles.